The van der Waals surface area contributed by atoms with Crippen LogP contribution < -0.4 is 11.1 Å². The van der Waals surface area contributed by atoms with E-state index in [4.69, 9.17) is 39.8 Å². The van der Waals surface area contributed by atoms with E-state index in [0.717, 1.165) is 21.0 Å². The van der Waals surface area contributed by atoms with Gasteiger partial charge >= 0.3 is 0 Å². The lowest BCUT2D eigenvalue weighted by atomic mass is 10.2. The summed E-state index contributed by atoms with van der Waals surface area (Å²) in [6, 6.07) is 5.12. The van der Waals surface area contributed by atoms with Crippen molar-refractivity contribution in [2.24, 2.45) is 5.73 Å². The average Bonchev–Trinajstić information content (AvgIpc) is 3.15. The summed E-state index contributed by atoms with van der Waals surface area (Å²) in [5.74, 6) is 3.33. The van der Waals surface area contributed by atoms with E-state index in [1.165, 1.54) is 11.3 Å². The van der Waals surface area contributed by atoms with Crippen molar-refractivity contribution in [2.75, 3.05) is 5.32 Å². The van der Waals surface area contributed by atoms with Gasteiger partial charge in [0.2, 0.25) is 0 Å². The first-order chi connectivity index (χ1) is 11.1. The van der Waals surface area contributed by atoms with Gasteiger partial charge in [0.1, 0.15) is 16.4 Å². The van der Waals surface area contributed by atoms with E-state index in [9.17, 15) is 0 Å². The fourth-order valence-electron chi connectivity index (χ4n) is 2.17. The summed E-state index contributed by atoms with van der Waals surface area (Å²) < 4.78 is 6.24. The molecule has 0 saturated carbocycles. The maximum Gasteiger partial charge on any atom is 0.131 e. The van der Waals surface area contributed by atoms with Gasteiger partial charge in [-0.3, -0.25) is 0 Å². The van der Waals surface area contributed by atoms with Crippen LogP contribution in [0.5, 0.6) is 0 Å². The van der Waals surface area contributed by atoms with Crippen LogP contribution in [0, 0.1) is 12.3 Å². The number of thiophene rings is 1. The molecule has 0 saturated heterocycles. The molecule has 7 heteroatoms. The monoisotopic (exact) mass is 365 g/mol. The fourth-order valence-corrected chi connectivity index (χ4v) is 3.93. The van der Waals surface area contributed by atoms with E-state index in [1.54, 1.807) is 12.3 Å². The first-order valence-corrected chi connectivity index (χ1v) is 8.41. The van der Waals surface area contributed by atoms with Gasteiger partial charge < -0.3 is 15.5 Å². The number of anilines is 1. The summed E-state index contributed by atoms with van der Waals surface area (Å²) in [6.45, 7) is 0.539. The molecule has 3 aromatic heterocycles. The number of terminal acetylenes is 1. The van der Waals surface area contributed by atoms with Gasteiger partial charge in [0.15, 0.2) is 0 Å². The molecule has 3 aromatic rings. The predicted molar refractivity (Wildman–Crippen MR) is 96.2 cm³/mol. The molecule has 0 fully saturated rings. The highest BCUT2D eigenvalue weighted by molar-refractivity contribution is 7.20. The lowest BCUT2D eigenvalue weighted by Gasteiger charge is -2.06. The maximum absolute atomic E-state index is 6.42. The molecule has 0 bridgehead atoms. The van der Waals surface area contributed by atoms with Crippen molar-refractivity contribution in [1.82, 2.24) is 4.98 Å². The van der Waals surface area contributed by atoms with Crippen molar-refractivity contribution < 1.29 is 4.42 Å². The molecular formula is C16H13Cl2N3OS. The summed E-state index contributed by atoms with van der Waals surface area (Å²) in [6.07, 6.45) is 7.49. The Balaban J connectivity index is 1.97. The molecule has 0 unspecified atom stereocenters. The molecule has 3 N–H and O–H groups in total. The fraction of sp³-hybridized carbons (Fsp3) is 0.188. The molecule has 4 nitrogen and oxygen atoms in total. The average molecular weight is 366 g/mol. The predicted octanol–water partition coefficient (Wildman–Crippen LogP) is 4.31. The van der Waals surface area contributed by atoms with Crippen LogP contribution in [0.15, 0.2) is 28.9 Å². The Morgan fingerprint density at radius 1 is 1.48 bits per heavy atom. The first kappa shape index (κ1) is 16.2. The molecule has 0 amide bonds. The number of nitrogens with one attached hydrogen (secondary N) is 1. The molecule has 1 atom stereocenters. The summed E-state index contributed by atoms with van der Waals surface area (Å²) in [4.78, 5) is 5.23. The van der Waals surface area contributed by atoms with Gasteiger partial charge in [0.25, 0.3) is 0 Å². The zero-order valence-corrected chi connectivity index (χ0v) is 14.3. The van der Waals surface area contributed by atoms with Crippen LogP contribution in [0.25, 0.3) is 10.2 Å². The van der Waals surface area contributed by atoms with Gasteiger partial charge in [-0.1, -0.05) is 29.1 Å². The van der Waals surface area contributed by atoms with Crippen LogP contribution in [-0.4, -0.2) is 11.0 Å². The summed E-state index contributed by atoms with van der Waals surface area (Å²) in [5.41, 5.74) is 7.33. The van der Waals surface area contributed by atoms with Gasteiger partial charge in [0, 0.05) is 17.4 Å². The van der Waals surface area contributed by atoms with Crippen LogP contribution in [0.2, 0.25) is 10.2 Å². The third-order valence-corrected chi connectivity index (χ3v) is 5.22. The zero-order valence-electron chi connectivity index (χ0n) is 12.0. The molecule has 0 radical (unpaired) electrons. The lowest BCUT2D eigenvalue weighted by molar-refractivity contribution is 0.518. The standard InChI is InChI=1S/C16H13Cl2N3OS/c1-2-9(19)6-12-14(18)15-16(23-12)11(7-13(17)21-15)20-8-10-4-3-5-22-10/h1,3-5,7,9H,6,8,19H2,(H,20,21)/t9-/m0/s1. The van der Waals surface area contributed by atoms with Crippen LogP contribution in [0.1, 0.15) is 10.6 Å². The van der Waals surface area contributed by atoms with Crippen molar-refractivity contribution in [3.8, 4) is 12.3 Å². The van der Waals surface area contributed by atoms with Gasteiger partial charge in [-0.25, -0.2) is 4.98 Å². The Labute approximate surface area is 147 Å². The molecular weight excluding hydrogens is 353 g/mol. The number of furan rings is 1. The number of nitrogens with zero attached hydrogens (tertiary/aromatic N) is 1. The minimum absolute atomic E-state index is 0.368. The number of pyridine rings is 1. The largest absolute Gasteiger partial charge is 0.467 e. The van der Waals surface area contributed by atoms with Crippen molar-refractivity contribution >= 4 is 50.4 Å². The second-order valence-electron chi connectivity index (χ2n) is 4.92. The van der Waals surface area contributed by atoms with Crippen molar-refractivity contribution in [3.63, 3.8) is 0 Å². The summed E-state index contributed by atoms with van der Waals surface area (Å²) in [7, 11) is 0. The highest BCUT2D eigenvalue weighted by atomic mass is 35.5. The van der Waals surface area contributed by atoms with Crippen LogP contribution in [0.3, 0.4) is 0 Å². The molecule has 118 valence electrons. The summed E-state index contributed by atoms with van der Waals surface area (Å²) in [5, 5.41) is 4.22. The molecule has 23 heavy (non-hydrogen) atoms. The van der Waals surface area contributed by atoms with E-state index in [1.807, 2.05) is 12.1 Å². The Morgan fingerprint density at radius 2 is 2.30 bits per heavy atom. The zero-order chi connectivity index (χ0) is 16.4. The number of fused-ring (bicyclic) bond motifs is 1. The minimum atomic E-state index is -0.379. The van der Waals surface area contributed by atoms with Gasteiger partial charge in [-0.05, 0) is 12.1 Å². The van der Waals surface area contributed by atoms with Crippen LogP contribution in [-0.2, 0) is 13.0 Å². The summed E-state index contributed by atoms with van der Waals surface area (Å²) >= 11 is 14.1. The molecule has 0 aliphatic rings. The maximum atomic E-state index is 6.42. The molecule has 0 aliphatic heterocycles. The Kier molecular flexibility index (Phi) is 4.79. The van der Waals surface area contributed by atoms with E-state index in [2.05, 4.69) is 16.2 Å². The third kappa shape index (κ3) is 3.46. The second-order valence-corrected chi connectivity index (χ2v) is 6.79. The third-order valence-electron chi connectivity index (χ3n) is 3.27. The van der Waals surface area contributed by atoms with Gasteiger partial charge in [-0.15, -0.1) is 17.8 Å². The normalized spacial score (nSPS) is 12.3. The van der Waals surface area contributed by atoms with Crippen molar-refractivity contribution in [1.29, 1.82) is 0 Å². The first-order valence-electron chi connectivity index (χ1n) is 6.84. The highest BCUT2D eigenvalue weighted by Crippen LogP contribution is 2.40. The smallest absolute Gasteiger partial charge is 0.131 e. The molecule has 3 heterocycles. The Hall–Kier alpha value is -1.71. The van der Waals surface area contributed by atoms with Gasteiger partial charge in [-0.2, -0.15) is 0 Å². The number of hydrogen-bond acceptors (Lipinski definition) is 5. The van der Waals surface area contributed by atoms with Crippen LogP contribution in [0.4, 0.5) is 5.69 Å². The molecule has 0 spiro atoms. The van der Waals surface area contributed by atoms with E-state index < -0.39 is 0 Å². The Bertz CT molecular complexity index is 868. The number of hydrogen-bond donors (Lipinski definition) is 2. The number of aromatic nitrogens is 1. The second kappa shape index (κ2) is 6.81. The van der Waals surface area contributed by atoms with E-state index in [-0.39, 0.29) is 6.04 Å². The van der Waals surface area contributed by atoms with Crippen molar-refractivity contribution in [2.45, 2.75) is 19.0 Å². The quantitative estimate of drug-likeness (QED) is 0.522. The SMILES string of the molecule is C#C[C@H](N)Cc1sc2c(NCc3ccco3)cc(Cl)nc2c1Cl. The topological polar surface area (TPSA) is 64.1 Å². The number of rotatable bonds is 5. The minimum Gasteiger partial charge on any atom is -0.467 e. The Morgan fingerprint density at radius 3 is 3.00 bits per heavy atom. The van der Waals surface area contributed by atoms with E-state index >= 15 is 0 Å². The number of nitrogens with two attached hydrogens (primary N) is 1. The van der Waals surface area contributed by atoms with Crippen molar-refractivity contribution in [3.05, 3.63) is 45.3 Å². The molecule has 3 rings (SSSR count). The molecule has 0 aliphatic carbocycles. The van der Waals surface area contributed by atoms with Crippen LogP contribution >= 0.6 is 34.5 Å². The molecule has 0 aromatic carbocycles. The van der Waals surface area contributed by atoms with E-state index in [0.29, 0.717) is 28.7 Å². The number of halogens is 2. The lowest BCUT2D eigenvalue weighted by Crippen LogP contribution is -2.19. The van der Waals surface area contributed by atoms with Gasteiger partial charge in [0.05, 0.1) is 34.3 Å². The highest BCUT2D eigenvalue weighted by Gasteiger charge is 2.17.